The van der Waals surface area contributed by atoms with Crippen LogP contribution in [0.5, 0.6) is 0 Å². The Morgan fingerprint density at radius 3 is 2.46 bits per heavy atom. The molecule has 1 fully saturated rings. The fourth-order valence-corrected chi connectivity index (χ4v) is 1.94. The second-order valence-electron chi connectivity index (χ2n) is 3.97. The molecule has 0 aliphatic heterocycles. The van der Waals surface area contributed by atoms with E-state index in [1.54, 1.807) is 7.05 Å². The topological polar surface area (TPSA) is 41.1 Å². The molecule has 1 atom stereocenters. The highest BCUT2D eigenvalue weighted by molar-refractivity contribution is 5.81. The molecule has 0 aromatic rings. The Balaban J connectivity index is 2.42. The largest absolute Gasteiger partial charge is 0.358 e. The van der Waals surface area contributed by atoms with Crippen molar-refractivity contribution < 1.29 is 4.79 Å². The lowest BCUT2D eigenvalue weighted by molar-refractivity contribution is -0.123. The maximum atomic E-state index is 11.3. The number of rotatable bonds is 4. The zero-order valence-electron chi connectivity index (χ0n) is 8.81. The summed E-state index contributed by atoms with van der Waals surface area (Å²) in [4.78, 5) is 11.3. The fourth-order valence-electron chi connectivity index (χ4n) is 1.94. The van der Waals surface area contributed by atoms with E-state index in [1.807, 2.05) is 6.92 Å². The van der Waals surface area contributed by atoms with Crippen LogP contribution in [-0.2, 0) is 4.79 Å². The summed E-state index contributed by atoms with van der Waals surface area (Å²) in [5, 5.41) is 6.08. The zero-order chi connectivity index (χ0) is 9.90. The molecule has 1 saturated carbocycles. The van der Waals surface area contributed by atoms with Crippen molar-refractivity contribution in [2.24, 2.45) is 0 Å². The number of hydrogen-bond donors (Lipinski definition) is 2. The molecule has 0 aromatic heterocycles. The molecule has 1 aliphatic carbocycles. The normalized spacial score (nSPS) is 21.8. The molecule has 0 bridgehead atoms. The molecule has 1 rings (SSSR count). The van der Waals surface area contributed by atoms with Gasteiger partial charge in [0.1, 0.15) is 0 Å². The predicted octanol–water partition coefficient (Wildman–Crippen LogP) is 1.04. The SMILES string of the molecule is CCC1(NC(C)C(=O)NC)CCC1. The highest BCUT2D eigenvalue weighted by Crippen LogP contribution is 2.34. The molecule has 0 aromatic carbocycles. The van der Waals surface area contributed by atoms with Crippen LogP contribution in [0.15, 0.2) is 0 Å². The second-order valence-corrected chi connectivity index (χ2v) is 3.97. The Labute approximate surface area is 80.3 Å². The summed E-state index contributed by atoms with van der Waals surface area (Å²) < 4.78 is 0. The summed E-state index contributed by atoms with van der Waals surface area (Å²) in [7, 11) is 1.68. The first-order chi connectivity index (χ1) is 6.13. The van der Waals surface area contributed by atoms with Crippen LogP contribution in [0, 0.1) is 0 Å². The van der Waals surface area contributed by atoms with Gasteiger partial charge in [-0.3, -0.25) is 4.79 Å². The average Bonchev–Trinajstić information content (AvgIpc) is 2.09. The molecule has 1 amide bonds. The summed E-state index contributed by atoms with van der Waals surface area (Å²) in [6, 6.07) is -0.0646. The van der Waals surface area contributed by atoms with Gasteiger partial charge >= 0.3 is 0 Å². The third-order valence-corrected chi connectivity index (χ3v) is 3.15. The third kappa shape index (κ3) is 2.21. The van der Waals surface area contributed by atoms with Crippen LogP contribution in [0.1, 0.15) is 39.5 Å². The van der Waals surface area contributed by atoms with E-state index in [2.05, 4.69) is 17.6 Å². The van der Waals surface area contributed by atoms with Crippen molar-refractivity contribution in [3.63, 3.8) is 0 Å². The van der Waals surface area contributed by atoms with Gasteiger partial charge < -0.3 is 10.6 Å². The number of carbonyl (C=O) groups excluding carboxylic acids is 1. The minimum absolute atomic E-state index is 0.0646. The lowest BCUT2D eigenvalue weighted by atomic mass is 9.74. The minimum atomic E-state index is -0.0646. The lowest BCUT2D eigenvalue weighted by Gasteiger charge is -2.43. The summed E-state index contributed by atoms with van der Waals surface area (Å²) >= 11 is 0. The monoisotopic (exact) mass is 184 g/mol. The first kappa shape index (κ1) is 10.5. The summed E-state index contributed by atoms with van der Waals surface area (Å²) in [6.45, 7) is 4.11. The summed E-state index contributed by atoms with van der Waals surface area (Å²) in [5.74, 6) is 0.0831. The molecule has 2 N–H and O–H groups in total. The quantitative estimate of drug-likeness (QED) is 0.685. The van der Waals surface area contributed by atoms with Crippen LogP contribution in [-0.4, -0.2) is 24.5 Å². The van der Waals surface area contributed by atoms with Gasteiger partial charge in [0.05, 0.1) is 6.04 Å². The Morgan fingerprint density at radius 1 is 1.54 bits per heavy atom. The number of likely N-dealkylation sites (N-methyl/N-ethyl adjacent to an activating group) is 1. The second kappa shape index (κ2) is 4.09. The first-order valence-electron chi connectivity index (χ1n) is 5.13. The summed E-state index contributed by atoms with van der Waals surface area (Å²) in [6.07, 6.45) is 4.84. The van der Waals surface area contributed by atoms with Crippen molar-refractivity contribution in [2.45, 2.75) is 51.1 Å². The van der Waals surface area contributed by atoms with E-state index in [0.29, 0.717) is 0 Å². The van der Waals surface area contributed by atoms with Crippen molar-refractivity contribution in [3.05, 3.63) is 0 Å². The molecule has 0 radical (unpaired) electrons. The maximum absolute atomic E-state index is 11.3. The van der Waals surface area contributed by atoms with E-state index < -0.39 is 0 Å². The molecule has 0 spiro atoms. The standard InChI is InChI=1S/C10H20N2O/c1-4-10(6-5-7-10)12-8(2)9(13)11-3/h8,12H,4-7H2,1-3H3,(H,11,13). The highest BCUT2D eigenvalue weighted by Gasteiger charge is 2.36. The molecule has 0 saturated heterocycles. The van der Waals surface area contributed by atoms with Gasteiger partial charge in [0.2, 0.25) is 5.91 Å². The van der Waals surface area contributed by atoms with E-state index in [1.165, 1.54) is 19.3 Å². The number of carbonyl (C=O) groups is 1. The van der Waals surface area contributed by atoms with E-state index in [-0.39, 0.29) is 17.5 Å². The molecule has 1 unspecified atom stereocenters. The highest BCUT2D eigenvalue weighted by atomic mass is 16.2. The van der Waals surface area contributed by atoms with Gasteiger partial charge in [0.25, 0.3) is 0 Å². The van der Waals surface area contributed by atoms with E-state index in [9.17, 15) is 4.79 Å². The third-order valence-electron chi connectivity index (χ3n) is 3.15. The van der Waals surface area contributed by atoms with E-state index in [0.717, 1.165) is 6.42 Å². The molecule has 3 nitrogen and oxygen atoms in total. The van der Waals surface area contributed by atoms with Gasteiger partial charge in [0.15, 0.2) is 0 Å². The fraction of sp³-hybridized carbons (Fsp3) is 0.900. The van der Waals surface area contributed by atoms with Crippen molar-refractivity contribution >= 4 is 5.91 Å². The Morgan fingerprint density at radius 2 is 2.15 bits per heavy atom. The van der Waals surface area contributed by atoms with E-state index in [4.69, 9.17) is 0 Å². The van der Waals surface area contributed by atoms with Gasteiger partial charge in [0, 0.05) is 12.6 Å². The molecule has 76 valence electrons. The smallest absolute Gasteiger partial charge is 0.236 e. The minimum Gasteiger partial charge on any atom is -0.358 e. The average molecular weight is 184 g/mol. The van der Waals surface area contributed by atoms with Gasteiger partial charge in [-0.15, -0.1) is 0 Å². The van der Waals surface area contributed by atoms with Gasteiger partial charge in [-0.05, 0) is 32.6 Å². The Hall–Kier alpha value is -0.570. The van der Waals surface area contributed by atoms with Crippen molar-refractivity contribution in [1.29, 1.82) is 0 Å². The number of hydrogen-bond acceptors (Lipinski definition) is 2. The zero-order valence-corrected chi connectivity index (χ0v) is 8.81. The molecule has 0 heterocycles. The van der Waals surface area contributed by atoms with Crippen LogP contribution >= 0.6 is 0 Å². The molecule has 1 aliphatic rings. The van der Waals surface area contributed by atoms with Gasteiger partial charge in [-0.25, -0.2) is 0 Å². The maximum Gasteiger partial charge on any atom is 0.236 e. The Kier molecular flexibility index (Phi) is 3.31. The van der Waals surface area contributed by atoms with Crippen molar-refractivity contribution in [3.8, 4) is 0 Å². The number of amides is 1. The first-order valence-corrected chi connectivity index (χ1v) is 5.13. The Bertz CT molecular complexity index is 182. The van der Waals surface area contributed by atoms with Crippen LogP contribution in [0.4, 0.5) is 0 Å². The van der Waals surface area contributed by atoms with Crippen LogP contribution < -0.4 is 10.6 Å². The number of nitrogens with one attached hydrogen (secondary N) is 2. The van der Waals surface area contributed by atoms with Crippen LogP contribution in [0.3, 0.4) is 0 Å². The molecule has 13 heavy (non-hydrogen) atoms. The molecular weight excluding hydrogens is 164 g/mol. The van der Waals surface area contributed by atoms with Crippen molar-refractivity contribution in [2.75, 3.05) is 7.05 Å². The van der Waals surface area contributed by atoms with Crippen molar-refractivity contribution in [1.82, 2.24) is 10.6 Å². The lowest BCUT2D eigenvalue weighted by Crippen LogP contribution is -2.57. The van der Waals surface area contributed by atoms with Gasteiger partial charge in [-0.2, -0.15) is 0 Å². The predicted molar refractivity (Wildman–Crippen MR) is 53.5 cm³/mol. The van der Waals surface area contributed by atoms with Gasteiger partial charge in [-0.1, -0.05) is 6.92 Å². The van der Waals surface area contributed by atoms with E-state index >= 15 is 0 Å². The summed E-state index contributed by atoms with van der Waals surface area (Å²) in [5.41, 5.74) is 0.256. The molecule has 3 heteroatoms. The molecular formula is C10H20N2O. The van der Waals surface area contributed by atoms with Crippen LogP contribution in [0.25, 0.3) is 0 Å². The van der Waals surface area contributed by atoms with Crippen LogP contribution in [0.2, 0.25) is 0 Å².